The van der Waals surface area contributed by atoms with Crippen molar-refractivity contribution < 1.29 is 0 Å². The molecule has 3 aliphatic rings. The van der Waals surface area contributed by atoms with Crippen LogP contribution in [-0.2, 0) is 0 Å². The zero-order chi connectivity index (χ0) is 7.97. The fourth-order valence-corrected chi connectivity index (χ4v) is 2.73. The predicted molar refractivity (Wildman–Crippen MR) is 50.9 cm³/mol. The third-order valence-corrected chi connectivity index (χ3v) is 3.33. The Morgan fingerprint density at radius 3 is 2.58 bits per heavy atom. The molecular formula is C12H14. The van der Waals surface area contributed by atoms with Crippen molar-refractivity contribution in [3.8, 4) is 0 Å². The van der Waals surface area contributed by atoms with Crippen LogP contribution >= 0.6 is 0 Å². The second-order valence-electron chi connectivity index (χ2n) is 4.00. The van der Waals surface area contributed by atoms with Crippen LogP contribution in [0.15, 0.2) is 34.4 Å². The molecule has 0 aromatic rings. The Morgan fingerprint density at radius 2 is 1.67 bits per heavy atom. The van der Waals surface area contributed by atoms with Crippen molar-refractivity contribution in [2.75, 3.05) is 0 Å². The highest BCUT2D eigenvalue weighted by Gasteiger charge is 2.29. The van der Waals surface area contributed by atoms with E-state index in [9.17, 15) is 0 Å². The van der Waals surface area contributed by atoms with Crippen molar-refractivity contribution >= 4 is 0 Å². The number of allylic oxidation sites excluding steroid dienone is 6. The lowest BCUT2D eigenvalue weighted by Crippen LogP contribution is -2.16. The van der Waals surface area contributed by atoms with Crippen LogP contribution in [0.2, 0.25) is 0 Å². The maximum atomic E-state index is 2.35. The molecule has 0 saturated carbocycles. The van der Waals surface area contributed by atoms with Crippen LogP contribution in [0.25, 0.3) is 0 Å². The average Bonchev–Trinajstić information content (AvgIpc) is 2.14. The van der Waals surface area contributed by atoms with E-state index in [1.165, 1.54) is 38.5 Å². The van der Waals surface area contributed by atoms with Crippen LogP contribution in [0.1, 0.15) is 38.5 Å². The average molecular weight is 158 g/mol. The lowest BCUT2D eigenvalue weighted by atomic mass is 9.70. The zero-order valence-corrected chi connectivity index (χ0v) is 7.40. The summed E-state index contributed by atoms with van der Waals surface area (Å²) in [7, 11) is 0. The zero-order valence-electron chi connectivity index (χ0n) is 7.40. The fourth-order valence-electron chi connectivity index (χ4n) is 2.73. The third kappa shape index (κ3) is 0.730. The van der Waals surface area contributed by atoms with Crippen LogP contribution in [0, 0.1) is 0 Å². The Labute approximate surface area is 73.7 Å². The molecule has 0 amide bonds. The van der Waals surface area contributed by atoms with Gasteiger partial charge in [-0.05, 0) is 60.8 Å². The van der Waals surface area contributed by atoms with Crippen molar-refractivity contribution in [1.29, 1.82) is 0 Å². The molecule has 3 aliphatic carbocycles. The number of hydrogen-bond donors (Lipinski definition) is 0. The fraction of sp³-hybridized carbons (Fsp3) is 0.500. The van der Waals surface area contributed by atoms with E-state index >= 15 is 0 Å². The summed E-state index contributed by atoms with van der Waals surface area (Å²) < 4.78 is 0. The molecule has 0 radical (unpaired) electrons. The normalized spacial score (nSPS) is 26.7. The molecule has 0 bridgehead atoms. The van der Waals surface area contributed by atoms with Gasteiger partial charge in [0.1, 0.15) is 0 Å². The highest BCUT2D eigenvalue weighted by Crippen LogP contribution is 2.47. The molecule has 0 aromatic carbocycles. The summed E-state index contributed by atoms with van der Waals surface area (Å²) in [5.74, 6) is 0. The summed E-state index contributed by atoms with van der Waals surface area (Å²) in [5.41, 5.74) is 6.80. The van der Waals surface area contributed by atoms with Gasteiger partial charge in [-0.1, -0.05) is 12.2 Å². The van der Waals surface area contributed by atoms with Crippen LogP contribution < -0.4 is 0 Å². The van der Waals surface area contributed by atoms with Crippen molar-refractivity contribution in [3.63, 3.8) is 0 Å². The van der Waals surface area contributed by atoms with Crippen LogP contribution in [0.5, 0.6) is 0 Å². The largest absolute Gasteiger partial charge is 0.0836 e. The molecule has 0 spiro atoms. The predicted octanol–water partition coefficient (Wildman–Crippen LogP) is 3.52. The smallest absolute Gasteiger partial charge is 0.0190 e. The third-order valence-electron chi connectivity index (χ3n) is 3.33. The van der Waals surface area contributed by atoms with Gasteiger partial charge in [0, 0.05) is 0 Å². The van der Waals surface area contributed by atoms with Crippen molar-refractivity contribution in [2.24, 2.45) is 0 Å². The number of fused-ring (bicyclic) bond motifs is 2. The molecule has 12 heavy (non-hydrogen) atoms. The first-order valence-electron chi connectivity index (χ1n) is 5.09. The lowest BCUT2D eigenvalue weighted by molar-refractivity contribution is 0.652. The molecule has 0 fully saturated rings. The summed E-state index contributed by atoms with van der Waals surface area (Å²) >= 11 is 0. The van der Waals surface area contributed by atoms with Gasteiger partial charge in [0.05, 0.1) is 0 Å². The van der Waals surface area contributed by atoms with Gasteiger partial charge in [-0.3, -0.25) is 0 Å². The molecular weight excluding hydrogens is 144 g/mol. The molecule has 0 unspecified atom stereocenters. The van der Waals surface area contributed by atoms with Crippen LogP contribution in [0.3, 0.4) is 0 Å². The van der Waals surface area contributed by atoms with Crippen LogP contribution in [0.4, 0.5) is 0 Å². The van der Waals surface area contributed by atoms with Gasteiger partial charge in [0.25, 0.3) is 0 Å². The molecule has 0 aromatic heterocycles. The summed E-state index contributed by atoms with van der Waals surface area (Å²) in [6.07, 6.45) is 12.9. The molecule has 0 saturated heterocycles. The van der Waals surface area contributed by atoms with E-state index < -0.39 is 0 Å². The molecule has 62 valence electrons. The van der Waals surface area contributed by atoms with Crippen molar-refractivity contribution in [1.82, 2.24) is 0 Å². The van der Waals surface area contributed by atoms with E-state index in [0.717, 1.165) is 0 Å². The van der Waals surface area contributed by atoms with Gasteiger partial charge in [-0.25, -0.2) is 0 Å². The summed E-state index contributed by atoms with van der Waals surface area (Å²) in [5, 5.41) is 0. The molecule has 0 aliphatic heterocycles. The minimum absolute atomic E-state index is 1.27. The first-order valence-corrected chi connectivity index (χ1v) is 5.09. The Bertz CT molecular complexity index is 313. The molecule has 0 N–H and O–H groups in total. The van der Waals surface area contributed by atoms with Gasteiger partial charge in [-0.2, -0.15) is 0 Å². The van der Waals surface area contributed by atoms with E-state index in [1.54, 1.807) is 22.3 Å². The topological polar surface area (TPSA) is 0 Å². The minimum atomic E-state index is 1.27. The summed E-state index contributed by atoms with van der Waals surface area (Å²) in [6.45, 7) is 0. The second kappa shape index (κ2) is 2.35. The molecule has 3 rings (SSSR count). The van der Waals surface area contributed by atoms with E-state index in [4.69, 9.17) is 0 Å². The van der Waals surface area contributed by atoms with E-state index in [0.29, 0.717) is 0 Å². The Morgan fingerprint density at radius 1 is 0.833 bits per heavy atom. The highest BCUT2D eigenvalue weighted by atomic mass is 14.3. The Kier molecular flexibility index (Phi) is 1.31. The van der Waals surface area contributed by atoms with E-state index in [1.807, 2.05) is 0 Å². The standard InChI is InChI=1S/C12H14/c1-2-6-10-9(5-1)11-7-3-4-8-12(10)11/h1,5H,2-4,6-8H2. The van der Waals surface area contributed by atoms with Gasteiger partial charge in [0.2, 0.25) is 0 Å². The molecule has 0 atom stereocenters. The molecule has 0 heterocycles. The van der Waals surface area contributed by atoms with Crippen molar-refractivity contribution in [2.45, 2.75) is 38.5 Å². The first-order chi connectivity index (χ1) is 5.97. The quantitative estimate of drug-likeness (QED) is 0.506. The Hall–Kier alpha value is -0.780. The SMILES string of the molecule is C1=CC2=C(CC1)C1=C2CCCC1. The first kappa shape index (κ1) is 6.71. The molecule has 0 heteroatoms. The minimum Gasteiger partial charge on any atom is -0.0836 e. The molecule has 0 nitrogen and oxygen atoms in total. The second-order valence-corrected chi connectivity index (χ2v) is 4.00. The maximum Gasteiger partial charge on any atom is -0.0190 e. The van der Waals surface area contributed by atoms with E-state index in [2.05, 4.69) is 12.2 Å². The van der Waals surface area contributed by atoms with Gasteiger partial charge >= 0.3 is 0 Å². The summed E-state index contributed by atoms with van der Waals surface area (Å²) in [4.78, 5) is 0. The van der Waals surface area contributed by atoms with Gasteiger partial charge < -0.3 is 0 Å². The van der Waals surface area contributed by atoms with Crippen molar-refractivity contribution in [3.05, 3.63) is 34.4 Å². The van der Waals surface area contributed by atoms with Gasteiger partial charge in [0.15, 0.2) is 0 Å². The number of rotatable bonds is 0. The Balaban J connectivity index is 1.97. The lowest BCUT2D eigenvalue weighted by Gasteiger charge is -2.35. The number of hydrogen-bond acceptors (Lipinski definition) is 0. The van der Waals surface area contributed by atoms with Gasteiger partial charge in [-0.15, -0.1) is 0 Å². The maximum absolute atomic E-state index is 2.35. The highest BCUT2D eigenvalue weighted by molar-refractivity contribution is 5.65. The van der Waals surface area contributed by atoms with E-state index in [-0.39, 0.29) is 0 Å². The monoisotopic (exact) mass is 158 g/mol. The van der Waals surface area contributed by atoms with Crippen LogP contribution in [-0.4, -0.2) is 0 Å². The summed E-state index contributed by atoms with van der Waals surface area (Å²) in [6, 6.07) is 0.